The second-order valence-electron chi connectivity index (χ2n) is 3.33. The molecule has 0 spiro atoms. The van der Waals surface area contributed by atoms with E-state index in [1.807, 2.05) is 0 Å². The number of nitrogens with one attached hydrogen (secondary N) is 1. The summed E-state index contributed by atoms with van der Waals surface area (Å²) < 4.78 is 24.8. The predicted octanol–water partition coefficient (Wildman–Crippen LogP) is 0.219. The Morgan fingerprint density at radius 1 is 1.24 bits per heavy atom. The van der Waals surface area contributed by atoms with Gasteiger partial charge in [0.05, 0.1) is 0 Å². The summed E-state index contributed by atoms with van der Waals surface area (Å²) in [5, 5.41) is 7.41. The monoisotopic (exact) mass is 257 g/mol. The van der Waals surface area contributed by atoms with Gasteiger partial charge in [0.1, 0.15) is 6.04 Å². The summed E-state index contributed by atoms with van der Waals surface area (Å²) in [5.41, 5.74) is -0.0161. The molecule has 2 N–H and O–H groups in total. The zero-order valence-corrected chi connectivity index (χ0v) is 9.77. The van der Waals surface area contributed by atoms with E-state index >= 15 is 0 Å². The van der Waals surface area contributed by atoms with Gasteiger partial charge in [-0.15, -0.1) is 0 Å². The zero-order valence-electron chi connectivity index (χ0n) is 8.95. The first kappa shape index (κ1) is 13.3. The van der Waals surface area contributed by atoms with Gasteiger partial charge in [0.2, 0.25) is 0 Å². The lowest BCUT2D eigenvalue weighted by Gasteiger charge is -2.08. The first-order valence-electron chi connectivity index (χ1n) is 4.69. The van der Waals surface area contributed by atoms with Crippen LogP contribution in [-0.2, 0) is 14.8 Å². The Labute approximate surface area is 98.3 Å². The van der Waals surface area contributed by atoms with Crippen molar-refractivity contribution in [2.45, 2.75) is 13.0 Å². The van der Waals surface area contributed by atoms with Gasteiger partial charge >= 0.3 is 5.97 Å². The third-order valence-electron chi connectivity index (χ3n) is 1.96. The molecule has 0 aliphatic carbocycles. The number of aliphatic carboxylic acids is 1. The van der Waals surface area contributed by atoms with Crippen molar-refractivity contribution in [3.8, 4) is 0 Å². The van der Waals surface area contributed by atoms with Crippen molar-refractivity contribution >= 4 is 21.1 Å². The second-order valence-corrected chi connectivity index (χ2v) is 4.95. The third-order valence-corrected chi connectivity index (χ3v) is 3.34. The highest BCUT2D eigenvalue weighted by molar-refractivity contribution is 8.05. The summed E-state index contributed by atoms with van der Waals surface area (Å²) in [7, 11) is -4.33. The molecule has 1 atom stereocenters. The number of benzene rings is 1. The van der Waals surface area contributed by atoms with Gasteiger partial charge in [0, 0.05) is 5.56 Å². The van der Waals surface area contributed by atoms with E-state index in [4.69, 9.17) is 5.11 Å². The molecule has 92 valence electrons. The van der Waals surface area contributed by atoms with Gasteiger partial charge in [-0.2, -0.15) is 4.72 Å². The normalized spacial score (nSPS) is 13.0. The Morgan fingerprint density at radius 3 is 2.24 bits per heavy atom. The summed E-state index contributed by atoms with van der Waals surface area (Å²) in [6.45, 7) is 1.14. The maximum Gasteiger partial charge on any atom is 0.321 e. The third kappa shape index (κ3) is 3.36. The van der Waals surface area contributed by atoms with Crippen LogP contribution in [0.15, 0.2) is 30.3 Å². The van der Waals surface area contributed by atoms with Gasteiger partial charge in [-0.1, -0.05) is 30.3 Å². The Morgan fingerprint density at radius 2 is 1.76 bits per heavy atom. The van der Waals surface area contributed by atoms with Gasteiger partial charge in [-0.25, -0.2) is 8.42 Å². The van der Waals surface area contributed by atoms with Crippen molar-refractivity contribution in [2.75, 3.05) is 0 Å². The quantitative estimate of drug-likeness (QED) is 0.803. The molecule has 0 aromatic heterocycles. The zero-order chi connectivity index (χ0) is 13.1. The van der Waals surface area contributed by atoms with Crippen LogP contribution in [0.25, 0.3) is 0 Å². The Kier molecular flexibility index (Phi) is 3.97. The number of carbonyl (C=O) groups excluding carboxylic acids is 1. The molecule has 0 amide bonds. The van der Waals surface area contributed by atoms with Crippen molar-refractivity contribution in [1.29, 1.82) is 0 Å². The number of rotatable bonds is 4. The number of hydrogen-bond donors (Lipinski definition) is 2. The molecule has 0 saturated heterocycles. The topological polar surface area (TPSA) is 101 Å². The molecule has 1 aromatic carbocycles. The van der Waals surface area contributed by atoms with Gasteiger partial charge in [-0.05, 0) is 6.92 Å². The van der Waals surface area contributed by atoms with E-state index in [1.54, 1.807) is 10.8 Å². The summed E-state index contributed by atoms with van der Waals surface area (Å²) in [6, 6.07) is 6.00. The first-order valence-corrected chi connectivity index (χ1v) is 6.17. The minimum absolute atomic E-state index is 0.0161. The smallest absolute Gasteiger partial charge is 0.321 e. The number of carbonyl (C=O) groups is 2. The molecule has 0 bridgehead atoms. The molecule has 0 fully saturated rings. The van der Waals surface area contributed by atoms with E-state index in [-0.39, 0.29) is 5.56 Å². The van der Waals surface area contributed by atoms with Crippen molar-refractivity contribution < 1.29 is 23.1 Å². The molecule has 0 aliphatic heterocycles. The largest absolute Gasteiger partial charge is 0.480 e. The van der Waals surface area contributed by atoms with Gasteiger partial charge in [0.25, 0.3) is 15.1 Å². The molecule has 0 radical (unpaired) electrons. The molecule has 0 saturated carbocycles. The number of sulfonamides is 1. The molecule has 1 rings (SSSR count). The highest BCUT2D eigenvalue weighted by Crippen LogP contribution is 2.05. The van der Waals surface area contributed by atoms with Crippen molar-refractivity contribution in [2.24, 2.45) is 0 Å². The maximum atomic E-state index is 11.6. The van der Waals surface area contributed by atoms with Crippen LogP contribution in [0.3, 0.4) is 0 Å². The first-order chi connectivity index (χ1) is 7.84. The number of carboxylic acids is 1. The van der Waals surface area contributed by atoms with E-state index in [2.05, 4.69) is 0 Å². The van der Waals surface area contributed by atoms with Crippen LogP contribution in [0.4, 0.5) is 0 Å². The molecule has 0 heterocycles. The molecule has 0 aliphatic rings. The van der Waals surface area contributed by atoms with Gasteiger partial charge < -0.3 is 5.11 Å². The van der Waals surface area contributed by atoms with E-state index in [0.29, 0.717) is 0 Å². The number of hydrogen-bond acceptors (Lipinski definition) is 4. The molecule has 7 heteroatoms. The van der Waals surface area contributed by atoms with Crippen LogP contribution in [0.1, 0.15) is 17.3 Å². The molecule has 17 heavy (non-hydrogen) atoms. The van der Waals surface area contributed by atoms with Crippen molar-refractivity contribution in [3.63, 3.8) is 0 Å². The van der Waals surface area contributed by atoms with Crippen molar-refractivity contribution in [1.82, 2.24) is 4.72 Å². The summed E-state index contributed by atoms with van der Waals surface area (Å²) in [6.07, 6.45) is 0. The fourth-order valence-corrected chi connectivity index (χ4v) is 2.19. The molecule has 6 nitrogen and oxygen atoms in total. The molecule has 1 aromatic rings. The van der Waals surface area contributed by atoms with E-state index in [0.717, 1.165) is 6.92 Å². The van der Waals surface area contributed by atoms with E-state index in [9.17, 15) is 18.0 Å². The molecule has 0 unspecified atom stereocenters. The van der Waals surface area contributed by atoms with Crippen LogP contribution in [0.5, 0.6) is 0 Å². The molecular weight excluding hydrogens is 246 g/mol. The average molecular weight is 257 g/mol. The Hall–Kier alpha value is -1.73. The predicted molar refractivity (Wildman–Crippen MR) is 59.9 cm³/mol. The van der Waals surface area contributed by atoms with Gasteiger partial charge in [-0.3, -0.25) is 9.59 Å². The molecular formula is C10H11NO5S. The number of carboxylic acid groups (broad SMARTS) is 1. The second kappa shape index (κ2) is 5.07. The Bertz CT molecular complexity index is 523. The van der Waals surface area contributed by atoms with Gasteiger partial charge in [0.15, 0.2) is 0 Å². The summed E-state index contributed by atoms with van der Waals surface area (Å²) in [5.74, 6) is -1.35. The lowest BCUT2D eigenvalue weighted by molar-refractivity contribution is -0.138. The maximum absolute atomic E-state index is 11.6. The average Bonchev–Trinajstić information content (AvgIpc) is 2.28. The highest BCUT2D eigenvalue weighted by Gasteiger charge is 2.27. The fraction of sp³-hybridized carbons (Fsp3) is 0.200. The van der Waals surface area contributed by atoms with Crippen LogP contribution in [-0.4, -0.2) is 30.7 Å². The van der Waals surface area contributed by atoms with E-state index in [1.165, 1.54) is 24.3 Å². The van der Waals surface area contributed by atoms with Crippen LogP contribution < -0.4 is 4.72 Å². The summed E-state index contributed by atoms with van der Waals surface area (Å²) in [4.78, 5) is 22.1. The minimum atomic E-state index is -4.33. The standard InChI is InChI=1S/C10H11NO5S/c1-7(9(12)13)11-17(15,16)10(14)8-5-3-2-4-6-8/h2-7,11H,1H3,(H,12,13)/t7-/m0/s1. The summed E-state index contributed by atoms with van der Waals surface area (Å²) >= 11 is 0. The lowest BCUT2D eigenvalue weighted by Crippen LogP contribution is -2.41. The van der Waals surface area contributed by atoms with Crippen LogP contribution in [0.2, 0.25) is 0 Å². The fourth-order valence-electron chi connectivity index (χ4n) is 1.07. The SMILES string of the molecule is C[C@H](NS(=O)(=O)C(=O)c1ccccc1)C(=O)O. The van der Waals surface area contributed by atoms with Crippen LogP contribution >= 0.6 is 0 Å². The van der Waals surface area contributed by atoms with E-state index < -0.39 is 27.1 Å². The lowest BCUT2D eigenvalue weighted by atomic mass is 10.2. The van der Waals surface area contributed by atoms with Crippen molar-refractivity contribution in [3.05, 3.63) is 35.9 Å². The van der Waals surface area contributed by atoms with Crippen LogP contribution in [0, 0.1) is 0 Å². The minimum Gasteiger partial charge on any atom is -0.480 e. The highest BCUT2D eigenvalue weighted by atomic mass is 32.2. The Balaban J connectivity index is 2.93.